The normalized spacial score (nSPS) is 8.25. The Morgan fingerprint density at radius 1 is 0.438 bits per heavy atom. The molecule has 0 aliphatic rings. The van der Waals surface area contributed by atoms with E-state index in [1.54, 1.807) is 0 Å². The molecule has 16 heavy (non-hydrogen) atoms. The summed E-state index contributed by atoms with van der Waals surface area (Å²) < 4.78 is 0. The van der Waals surface area contributed by atoms with Gasteiger partial charge in [0.1, 0.15) is 0 Å². The van der Waals surface area contributed by atoms with E-state index >= 15 is 0 Å². The number of rotatable bonds is 0. The van der Waals surface area contributed by atoms with Crippen molar-refractivity contribution in [1.29, 1.82) is 0 Å². The third-order valence-corrected chi connectivity index (χ3v) is 0. The Morgan fingerprint density at radius 3 is 0.438 bits per heavy atom. The first-order valence-corrected chi connectivity index (χ1v) is 6.00. The monoisotopic (exact) mass is 242 g/mol. The quantitative estimate of drug-likeness (QED) is 0.404. The van der Waals surface area contributed by atoms with Crippen LogP contribution in [0.25, 0.3) is 0 Å². The molecule has 0 aromatic heterocycles. The Balaban J connectivity index is -0.0000000123. The zero-order chi connectivity index (χ0) is 13.0. The van der Waals surface area contributed by atoms with Gasteiger partial charge in [0.25, 0.3) is 0 Å². The van der Waals surface area contributed by atoms with Crippen LogP contribution in [0.15, 0.2) is 0 Å². The van der Waals surface area contributed by atoms with E-state index in [0.717, 1.165) is 0 Å². The molecule has 0 unspecified atom stereocenters. The summed E-state index contributed by atoms with van der Waals surface area (Å²) >= 11 is 0. The second-order valence-electron chi connectivity index (χ2n) is 6.00. The van der Waals surface area contributed by atoms with Crippen LogP contribution in [-0.2, 0) is 0 Å². The van der Waals surface area contributed by atoms with Gasteiger partial charge >= 0.3 is 0 Å². The average Bonchev–Trinajstić information content (AvgIpc) is 1.88. The van der Waals surface area contributed by atoms with Crippen LogP contribution in [0.3, 0.4) is 0 Å². The van der Waals surface area contributed by atoms with Gasteiger partial charge in [0, 0.05) is 2.85 Å². The lowest BCUT2D eigenvalue weighted by Gasteiger charge is -2.05. The zero-order valence-electron chi connectivity index (χ0n) is 13.0. The van der Waals surface area contributed by atoms with Crippen molar-refractivity contribution in [3.8, 4) is 0 Å². The van der Waals surface area contributed by atoms with Gasteiger partial charge in [-0.15, -0.1) is 0 Å². The Bertz CT molecular complexity index is 52.1. The Kier molecular flexibility index (Phi) is 45.9. The molecule has 0 rings (SSSR count). The summed E-state index contributed by atoms with van der Waals surface area (Å²) in [5.41, 5.74) is 1.00. The summed E-state index contributed by atoms with van der Waals surface area (Å²) in [5, 5.41) is 0. The average molecular weight is 243 g/mol. The van der Waals surface area contributed by atoms with Gasteiger partial charge in [-0.3, -0.25) is 0 Å². The maximum absolute atomic E-state index is 2.19. The lowest BCUT2D eigenvalue weighted by Crippen LogP contribution is -1.93. The SMILES string of the molecule is C.C.CC.CC.CC(C)(C)C.CC(C)(C)C.[2HH].[2HH]. The van der Waals surface area contributed by atoms with Crippen molar-refractivity contribution in [2.75, 3.05) is 0 Å². The minimum Gasteiger partial charge on any atom is -0.0776 e. The van der Waals surface area contributed by atoms with Crippen molar-refractivity contribution in [2.45, 2.75) is 97.9 Å². The predicted octanol–water partition coefficient (Wildman–Crippen LogP) is 7.92. The van der Waals surface area contributed by atoms with E-state index in [0.29, 0.717) is 10.8 Å². The van der Waals surface area contributed by atoms with Crippen LogP contribution < -0.4 is 0 Å². The molecule has 0 radical (unpaired) electrons. The van der Waals surface area contributed by atoms with E-state index < -0.39 is 0 Å². The molecular formula is C16H48. The maximum Gasteiger partial charge on any atom is 0 e. The molecular weight excluding hydrogens is 192 g/mol. The molecule has 0 N–H and O–H groups in total. The highest BCUT2D eigenvalue weighted by Gasteiger charge is 1.96. The molecule has 0 saturated carbocycles. The fraction of sp³-hybridized carbons (Fsp3) is 1.00. The molecule has 0 spiro atoms. The van der Waals surface area contributed by atoms with E-state index in [4.69, 9.17) is 0 Å². The van der Waals surface area contributed by atoms with Crippen LogP contribution in [0.1, 0.15) is 101 Å². The third kappa shape index (κ3) is 0. The van der Waals surface area contributed by atoms with E-state index in [1.165, 1.54) is 0 Å². The largest absolute Gasteiger partial charge is 0.0776 e. The van der Waals surface area contributed by atoms with Gasteiger partial charge in [-0.05, 0) is 10.8 Å². The van der Waals surface area contributed by atoms with Gasteiger partial charge in [0.15, 0.2) is 0 Å². The highest BCUT2D eigenvalue weighted by atomic mass is 14.0. The topological polar surface area (TPSA) is 0 Å². The smallest absolute Gasteiger partial charge is 0 e. The van der Waals surface area contributed by atoms with Gasteiger partial charge in [-0.2, -0.15) is 0 Å². The van der Waals surface area contributed by atoms with Crippen LogP contribution in [0, 0.1) is 10.8 Å². The molecule has 0 heteroatoms. The lowest BCUT2D eigenvalue weighted by molar-refractivity contribution is 0.469. The highest BCUT2D eigenvalue weighted by Crippen LogP contribution is 2.08. The van der Waals surface area contributed by atoms with Crippen molar-refractivity contribution >= 4 is 0 Å². The summed E-state index contributed by atoms with van der Waals surface area (Å²) in [7, 11) is 0. The van der Waals surface area contributed by atoms with Crippen molar-refractivity contribution in [1.82, 2.24) is 0 Å². The van der Waals surface area contributed by atoms with E-state index in [9.17, 15) is 0 Å². The number of hydrogen-bond acceptors (Lipinski definition) is 0. The second-order valence-corrected chi connectivity index (χ2v) is 6.00. The van der Waals surface area contributed by atoms with E-state index in [2.05, 4.69) is 55.4 Å². The first-order valence-electron chi connectivity index (χ1n) is 6.00. The molecule has 112 valence electrons. The van der Waals surface area contributed by atoms with Crippen LogP contribution in [-0.4, -0.2) is 0 Å². The Labute approximate surface area is 112 Å². The Hall–Kier alpha value is 0. The van der Waals surface area contributed by atoms with Crippen molar-refractivity contribution < 1.29 is 2.85 Å². The molecule has 0 fully saturated rings. The summed E-state index contributed by atoms with van der Waals surface area (Å²) in [6.45, 7) is 25.5. The maximum atomic E-state index is 2.19. The molecule has 0 aliphatic carbocycles. The molecule has 0 atom stereocenters. The first kappa shape index (κ1) is 36.0. The Morgan fingerprint density at radius 2 is 0.438 bits per heavy atom. The van der Waals surface area contributed by atoms with E-state index in [1.807, 2.05) is 27.7 Å². The van der Waals surface area contributed by atoms with Crippen LogP contribution in [0.2, 0.25) is 0 Å². The minimum absolute atomic E-state index is 0. The summed E-state index contributed by atoms with van der Waals surface area (Å²) in [4.78, 5) is 0. The van der Waals surface area contributed by atoms with Gasteiger partial charge in [-0.25, -0.2) is 0 Å². The summed E-state index contributed by atoms with van der Waals surface area (Å²) in [5.74, 6) is 0. The van der Waals surface area contributed by atoms with Gasteiger partial charge in [-0.1, -0.05) is 97.9 Å². The summed E-state index contributed by atoms with van der Waals surface area (Å²) in [6.07, 6.45) is 0. The molecule has 0 heterocycles. The minimum atomic E-state index is 0. The molecule has 0 aliphatic heterocycles. The van der Waals surface area contributed by atoms with Crippen LogP contribution in [0.4, 0.5) is 0 Å². The third-order valence-electron chi connectivity index (χ3n) is 0. The predicted molar refractivity (Wildman–Crippen MR) is 90.6 cm³/mol. The van der Waals surface area contributed by atoms with Crippen molar-refractivity contribution in [3.05, 3.63) is 0 Å². The lowest BCUT2D eigenvalue weighted by atomic mass is 10.0. The molecule has 0 saturated heterocycles. The van der Waals surface area contributed by atoms with Crippen molar-refractivity contribution in [2.24, 2.45) is 10.8 Å². The van der Waals surface area contributed by atoms with Gasteiger partial charge < -0.3 is 0 Å². The van der Waals surface area contributed by atoms with E-state index in [-0.39, 0.29) is 17.7 Å². The fourth-order valence-corrected chi connectivity index (χ4v) is 0. The highest BCUT2D eigenvalue weighted by molar-refractivity contribution is 4.47. The molecule has 0 nitrogen and oxygen atoms in total. The molecule has 0 amide bonds. The number of hydrogen-bond donors (Lipinski definition) is 0. The van der Waals surface area contributed by atoms with Gasteiger partial charge in [0.2, 0.25) is 0 Å². The molecule has 0 aromatic rings. The summed E-state index contributed by atoms with van der Waals surface area (Å²) in [6, 6.07) is 0. The molecule has 0 aromatic carbocycles. The molecule has 0 bridgehead atoms. The van der Waals surface area contributed by atoms with Crippen molar-refractivity contribution in [3.63, 3.8) is 0 Å². The second kappa shape index (κ2) is 20.4. The van der Waals surface area contributed by atoms with Crippen LogP contribution in [0.5, 0.6) is 0 Å². The van der Waals surface area contributed by atoms with Crippen LogP contribution >= 0.6 is 0 Å². The fourth-order valence-electron chi connectivity index (χ4n) is 0. The standard InChI is InChI=1S/2C5H12.2C2H6.2CH4.2H2/c2*1-5(2,3)4;2*1-2;;;;/h2*1-4H3;2*1-2H3;2*1H4;2*1H/i;;;;;;2*1+1. The van der Waals surface area contributed by atoms with Gasteiger partial charge in [0.05, 0.1) is 0 Å². The first-order chi connectivity index (χ1) is 6.00. The zero-order valence-corrected chi connectivity index (χ0v) is 13.0.